The smallest absolute Gasteiger partial charge is 0.255 e. The third-order valence-corrected chi connectivity index (χ3v) is 7.80. The third-order valence-electron chi connectivity index (χ3n) is 7.80. The Morgan fingerprint density at radius 1 is 0.571 bits per heavy atom. The number of anilines is 2. The molecule has 2 N–H and O–H groups in total. The maximum Gasteiger partial charge on any atom is 0.255 e. The molecule has 4 aromatic carbocycles. The minimum atomic E-state index is -0.157. The van der Waals surface area contributed by atoms with Crippen LogP contribution in [0.25, 0.3) is 10.8 Å². The van der Waals surface area contributed by atoms with Gasteiger partial charge >= 0.3 is 0 Å². The van der Waals surface area contributed by atoms with Crippen molar-refractivity contribution >= 4 is 34.0 Å². The molecule has 0 bridgehead atoms. The molecule has 0 aliphatic heterocycles. The van der Waals surface area contributed by atoms with Crippen LogP contribution in [0.3, 0.4) is 0 Å². The first-order valence-corrected chi connectivity index (χ1v) is 15.4. The number of hydrogen-bond donors (Lipinski definition) is 2. The van der Waals surface area contributed by atoms with Gasteiger partial charge in [-0.25, -0.2) is 0 Å². The van der Waals surface area contributed by atoms with Crippen molar-refractivity contribution in [2.45, 2.75) is 58.3 Å². The van der Waals surface area contributed by atoms with E-state index < -0.39 is 0 Å². The van der Waals surface area contributed by atoms with E-state index in [2.05, 4.69) is 50.8 Å². The Morgan fingerprint density at radius 3 is 1.50 bits per heavy atom. The van der Waals surface area contributed by atoms with Crippen LogP contribution in [0.15, 0.2) is 84.9 Å². The SMILES string of the molecule is CCc1ccc(C(=O)Nc2cccc3c(NC(=O)c4ccc(CCCCCCCC[N+](C)(C)C)cc4)cccc23)cc1. The van der Waals surface area contributed by atoms with Crippen molar-refractivity contribution in [1.29, 1.82) is 0 Å². The number of nitrogens with one attached hydrogen (secondary N) is 2. The maximum atomic E-state index is 13.1. The number of rotatable bonds is 14. The zero-order valence-corrected chi connectivity index (χ0v) is 25.7. The standard InChI is InChI=1S/C37H45N3O2/c1-5-28-19-23-30(24-20-28)36(41)38-34-17-12-16-33-32(34)15-13-18-35(33)39-37(42)31-25-21-29(22-26-31)14-10-8-6-7-9-11-27-40(2,3)4/h12-13,15-26H,5-11,14,27H2,1-4H3,(H-,38,39,41,42)/p+1. The van der Waals surface area contributed by atoms with Crippen molar-refractivity contribution in [1.82, 2.24) is 0 Å². The van der Waals surface area contributed by atoms with Gasteiger partial charge in [0.1, 0.15) is 0 Å². The summed E-state index contributed by atoms with van der Waals surface area (Å²) < 4.78 is 1.05. The van der Waals surface area contributed by atoms with Gasteiger partial charge in [-0.15, -0.1) is 0 Å². The van der Waals surface area contributed by atoms with Crippen LogP contribution in [0.4, 0.5) is 11.4 Å². The van der Waals surface area contributed by atoms with Crippen LogP contribution < -0.4 is 10.6 Å². The first-order chi connectivity index (χ1) is 20.2. The van der Waals surface area contributed by atoms with Gasteiger partial charge < -0.3 is 15.1 Å². The molecule has 0 heterocycles. The molecule has 5 nitrogen and oxygen atoms in total. The molecule has 2 amide bonds. The van der Waals surface area contributed by atoms with E-state index in [1.54, 1.807) is 0 Å². The normalized spacial score (nSPS) is 11.4. The van der Waals surface area contributed by atoms with E-state index in [9.17, 15) is 9.59 Å². The summed E-state index contributed by atoms with van der Waals surface area (Å²) in [7, 11) is 6.77. The average Bonchev–Trinajstić information content (AvgIpc) is 2.98. The number of amides is 2. The molecule has 0 spiro atoms. The Balaban J connectivity index is 1.31. The predicted octanol–water partition coefficient (Wildman–Crippen LogP) is 8.50. The number of unbranched alkanes of at least 4 members (excludes halogenated alkanes) is 5. The molecule has 0 radical (unpaired) electrons. The predicted molar refractivity (Wildman–Crippen MR) is 176 cm³/mol. The molecule has 0 aromatic heterocycles. The molecular formula is C37H46N3O2+. The van der Waals surface area contributed by atoms with Crippen LogP contribution in [0.5, 0.6) is 0 Å². The Kier molecular flexibility index (Phi) is 10.9. The fourth-order valence-corrected chi connectivity index (χ4v) is 5.25. The van der Waals surface area contributed by atoms with Crippen molar-refractivity contribution in [2.75, 3.05) is 38.3 Å². The van der Waals surface area contributed by atoms with Crippen LogP contribution in [0.2, 0.25) is 0 Å². The number of aryl methyl sites for hydroxylation is 2. The van der Waals surface area contributed by atoms with Crippen LogP contribution in [-0.4, -0.2) is 44.0 Å². The molecule has 0 unspecified atom stereocenters. The van der Waals surface area contributed by atoms with Crippen LogP contribution >= 0.6 is 0 Å². The highest BCUT2D eigenvalue weighted by atomic mass is 16.2. The number of hydrogen-bond acceptors (Lipinski definition) is 2. The summed E-state index contributed by atoms with van der Waals surface area (Å²) in [4.78, 5) is 26.1. The lowest BCUT2D eigenvalue weighted by Crippen LogP contribution is -2.35. The van der Waals surface area contributed by atoms with Crippen LogP contribution in [0.1, 0.15) is 77.3 Å². The van der Waals surface area contributed by atoms with E-state index in [1.807, 2.05) is 72.8 Å². The highest BCUT2D eigenvalue weighted by Crippen LogP contribution is 2.30. The van der Waals surface area contributed by atoms with E-state index in [4.69, 9.17) is 0 Å². The van der Waals surface area contributed by atoms with Gasteiger partial charge in [-0.2, -0.15) is 0 Å². The minimum absolute atomic E-state index is 0.145. The monoisotopic (exact) mass is 564 g/mol. The first-order valence-electron chi connectivity index (χ1n) is 15.4. The van der Waals surface area contributed by atoms with Gasteiger partial charge in [0, 0.05) is 33.3 Å². The number of benzene rings is 4. The largest absolute Gasteiger partial charge is 0.331 e. The summed E-state index contributed by atoms with van der Waals surface area (Å²) in [6, 6.07) is 27.1. The van der Waals surface area contributed by atoms with E-state index in [0.717, 1.165) is 28.1 Å². The lowest BCUT2D eigenvalue weighted by Gasteiger charge is -2.23. The number of quaternary nitrogens is 1. The lowest BCUT2D eigenvalue weighted by molar-refractivity contribution is -0.870. The second-order valence-corrected chi connectivity index (χ2v) is 12.2. The summed E-state index contributed by atoms with van der Waals surface area (Å²) in [5.74, 6) is -0.302. The topological polar surface area (TPSA) is 58.2 Å². The van der Waals surface area contributed by atoms with Crippen molar-refractivity contribution in [2.24, 2.45) is 0 Å². The summed E-state index contributed by atoms with van der Waals surface area (Å²) in [5, 5.41) is 7.87. The number of nitrogens with zero attached hydrogens (tertiary/aromatic N) is 1. The highest BCUT2D eigenvalue weighted by Gasteiger charge is 2.13. The molecule has 0 aliphatic carbocycles. The second-order valence-electron chi connectivity index (χ2n) is 12.2. The molecule has 0 fully saturated rings. The second kappa shape index (κ2) is 14.8. The zero-order chi connectivity index (χ0) is 30.0. The number of fused-ring (bicyclic) bond motifs is 1. The molecule has 0 saturated carbocycles. The lowest BCUT2D eigenvalue weighted by atomic mass is 10.0. The van der Waals surface area contributed by atoms with E-state index in [1.165, 1.54) is 56.2 Å². The van der Waals surface area contributed by atoms with Gasteiger partial charge in [0.15, 0.2) is 0 Å². The minimum Gasteiger partial charge on any atom is -0.331 e. The fraction of sp³-hybridized carbons (Fsp3) is 0.351. The average molecular weight is 565 g/mol. The fourth-order valence-electron chi connectivity index (χ4n) is 5.25. The van der Waals surface area contributed by atoms with Gasteiger partial charge in [-0.3, -0.25) is 9.59 Å². The molecule has 4 rings (SSSR count). The Bertz CT molecular complexity index is 1470. The highest BCUT2D eigenvalue weighted by molar-refractivity contribution is 6.14. The van der Waals surface area contributed by atoms with E-state index >= 15 is 0 Å². The molecule has 0 atom stereocenters. The summed E-state index contributed by atoms with van der Waals surface area (Å²) >= 11 is 0. The molecule has 4 aromatic rings. The Labute approximate surface area is 251 Å². The van der Waals surface area contributed by atoms with Gasteiger partial charge in [-0.05, 0) is 79.6 Å². The maximum absolute atomic E-state index is 13.1. The van der Waals surface area contributed by atoms with Gasteiger partial charge in [0.25, 0.3) is 11.8 Å². The van der Waals surface area contributed by atoms with E-state index in [-0.39, 0.29) is 11.8 Å². The number of carbonyl (C=O) groups is 2. The zero-order valence-electron chi connectivity index (χ0n) is 25.7. The van der Waals surface area contributed by atoms with Crippen molar-refractivity contribution in [3.8, 4) is 0 Å². The van der Waals surface area contributed by atoms with Crippen LogP contribution in [0, 0.1) is 0 Å². The molecular weight excluding hydrogens is 518 g/mol. The summed E-state index contributed by atoms with van der Waals surface area (Å²) in [6.45, 7) is 3.34. The van der Waals surface area contributed by atoms with Crippen LogP contribution in [-0.2, 0) is 12.8 Å². The summed E-state index contributed by atoms with van der Waals surface area (Å²) in [6.07, 6.45) is 9.63. The quantitative estimate of drug-likeness (QED) is 0.119. The van der Waals surface area contributed by atoms with Gasteiger partial charge in [0.2, 0.25) is 0 Å². The van der Waals surface area contributed by atoms with E-state index in [0.29, 0.717) is 22.5 Å². The Hall–Kier alpha value is -3.96. The molecule has 220 valence electrons. The first kappa shape index (κ1) is 31.0. The van der Waals surface area contributed by atoms with Crippen molar-refractivity contribution in [3.63, 3.8) is 0 Å². The van der Waals surface area contributed by atoms with Crippen molar-refractivity contribution < 1.29 is 14.1 Å². The molecule has 42 heavy (non-hydrogen) atoms. The number of carbonyl (C=O) groups excluding carboxylic acids is 2. The van der Waals surface area contributed by atoms with Crippen molar-refractivity contribution in [3.05, 3.63) is 107 Å². The summed E-state index contributed by atoms with van der Waals surface area (Å²) in [5.41, 5.74) is 5.13. The molecule has 0 saturated heterocycles. The third kappa shape index (κ3) is 9.02. The Morgan fingerprint density at radius 2 is 1.02 bits per heavy atom. The molecule has 0 aliphatic rings. The van der Waals surface area contributed by atoms with Gasteiger partial charge in [-0.1, -0.05) is 74.7 Å². The van der Waals surface area contributed by atoms with Gasteiger partial charge in [0.05, 0.1) is 27.7 Å². The molecule has 5 heteroatoms.